The number of carbonyl (C=O) groups is 6. The second-order valence-electron chi connectivity index (χ2n) is 8.30. The molecule has 4 atom stereocenters. The summed E-state index contributed by atoms with van der Waals surface area (Å²) in [6.07, 6.45) is 2.39. The van der Waals surface area contributed by atoms with Gasteiger partial charge in [0.15, 0.2) is 0 Å². The number of aliphatic carboxylic acids is 2. The van der Waals surface area contributed by atoms with Crippen LogP contribution in [0.2, 0.25) is 0 Å². The molecule has 12 N–H and O–H groups in total. The van der Waals surface area contributed by atoms with Crippen LogP contribution in [0.1, 0.15) is 44.2 Å². The van der Waals surface area contributed by atoms with Crippen LogP contribution in [0.3, 0.4) is 0 Å². The number of carboxylic acids is 2. The van der Waals surface area contributed by atoms with E-state index in [-0.39, 0.29) is 19.3 Å². The second-order valence-corrected chi connectivity index (χ2v) is 8.30. The summed E-state index contributed by atoms with van der Waals surface area (Å²) in [4.78, 5) is 78.5. The molecule has 0 aliphatic heterocycles. The number of aromatic amines is 1. The molecule has 0 bridgehead atoms. The smallest absolute Gasteiger partial charge is 0.326 e. The van der Waals surface area contributed by atoms with Gasteiger partial charge in [0, 0.05) is 24.7 Å². The van der Waals surface area contributed by atoms with Crippen molar-refractivity contribution >= 4 is 35.6 Å². The van der Waals surface area contributed by atoms with Crippen LogP contribution >= 0.6 is 0 Å². The molecular formula is C21H34N8O8. The molecule has 0 spiro atoms. The zero-order valence-electron chi connectivity index (χ0n) is 20.1. The van der Waals surface area contributed by atoms with Crippen molar-refractivity contribution in [1.29, 1.82) is 0 Å². The molecule has 1 aromatic rings. The molecule has 0 aromatic carbocycles. The predicted octanol–water partition coefficient (Wildman–Crippen LogP) is -3.31. The van der Waals surface area contributed by atoms with Gasteiger partial charge in [0.25, 0.3) is 0 Å². The molecule has 4 unspecified atom stereocenters. The number of carbonyl (C=O) groups excluding carboxylic acids is 4. The lowest BCUT2D eigenvalue weighted by Crippen LogP contribution is -2.57. The van der Waals surface area contributed by atoms with Crippen LogP contribution < -0.4 is 33.2 Å². The van der Waals surface area contributed by atoms with Gasteiger partial charge in [0.05, 0.1) is 18.8 Å². The van der Waals surface area contributed by atoms with E-state index in [0.717, 1.165) is 0 Å². The van der Waals surface area contributed by atoms with Gasteiger partial charge in [-0.15, -0.1) is 0 Å². The quantitative estimate of drug-likeness (QED) is 0.0853. The molecule has 37 heavy (non-hydrogen) atoms. The number of nitrogens with one attached hydrogen (secondary N) is 4. The van der Waals surface area contributed by atoms with Crippen molar-refractivity contribution in [2.24, 2.45) is 17.2 Å². The summed E-state index contributed by atoms with van der Waals surface area (Å²) < 4.78 is 0. The van der Waals surface area contributed by atoms with Crippen LogP contribution in [0, 0.1) is 0 Å². The van der Waals surface area contributed by atoms with Crippen LogP contribution in [-0.2, 0) is 35.2 Å². The first kappa shape index (κ1) is 31.0. The van der Waals surface area contributed by atoms with E-state index in [4.69, 9.17) is 22.3 Å². The van der Waals surface area contributed by atoms with Crippen molar-refractivity contribution in [3.63, 3.8) is 0 Å². The topological polar surface area (TPSA) is 286 Å². The number of hydrogen-bond acceptors (Lipinski definition) is 9. The molecule has 4 amide bonds. The molecule has 0 radical (unpaired) electrons. The van der Waals surface area contributed by atoms with Crippen molar-refractivity contribution in [2.45, 2.75) is 69.1 Å². The molecule has 1 aromatic heterocycles. The third kappa shape index (κ3) is 12.0. The Morgan fingerprint density at radius 3 is 2.08 bits per heavy atom. The number of hydrogen-bond donors (Lipinski definition) is 9. The maximum atomic E-state index is 13.1. The van der Waals surface area contributed by atoms with Gasteiger partial charge in [-0.1, -0.05) is 0 Å². The number of primary amides is 1. The highest BCUT2D eigenvalue weighted by molar-refractivity contribution is 5.95. The molecule has 1 rings (SSSR count). The van der Waals surface area contributed by atoms with Gasteiger partial charge in [0.2, 0.25) is 23.6 Å². The van der Waals surface area contributed by atoms with Crippen molar-refractivity contribution in [1.82, 2.24) is 25.9 Å². The normalized spacial score (nSPS) is 14.0. The minimum atomic E-state index is -1.50. The highest BCUT2D eigenvalue weighted by atomic mass is 16.4. The fourth-order valence-corrected chi connectivity index (χ4v) is 3.25. The Balaban J connectivity index is 3.05. The number of amides is 4. The highest BCUT2D eigenvalue weighted by Crippen LogP contribution is 2.07. The van der Waals surface area contributed by atoms with Gasteiger partial charge in [-0.25, -0.2) is 9.78 Å². The van der Waals surface area contributed by atoms with Gasteiger partial charge in [-0.05, 0) is 32.2 Å². The Morgan fingerprint density at radius 1 is 0.919 bits per heavy atom. The van der Waals surface area contributed by atoms with E-state index < -0.39 is 72.6 Å². The molecule has 16 heteroatoms. The minimum Gasteiger partial charge on any atom is -0.481 e. The molecule has 0 fully saturated rings. The third-order valence-electron chi connectivity index (χ3n) is 5.21. The Labute approximate surface area is 212 Å². The number of nitrogens with two attached hydrogens (primary N) is 3. The van der Waals surface area contributed by atoms with Crippen LogP contribution in [0.4, 0.5) is 0 Å². The monoisotopic (exact) mass is 526 g/mol. The number of unbranched alkanes of at least 4 members (excludes halogenated alkanes) is 1. The number of nitrogens with zero attached hydrogens (tertiary/aromatic N) is 1. The fourth-order valence-electron chi connectivity index (χ4n) is 3.25. The van der Waals surface area contributed by atoms with Crippen LogP contribution in [0.5, 0.6) is 0 Å². The maximum Gasteiger partial charge on any atom is 0.326 e. The molecule has 1 heterocycles. The SMILES string of the molecule is NCCCCC(NC(=O)C(Cc1cnc[nH]1)NC(=O)C(N)CC(N)=O)C(=O)NC(CCC(=O)O)C(=O)O. The van der Waals surface area contributed by atoms with Gasteiger partial charge < -0.3 is 48.3 Å². The second kappa shape index (κ2) is 15.8. The van der Waals surface area contributed by atoms with E-state index in [1.54, 1.807) is 0 Å². The van der Waals surface area contributed by atoms with Crippen LogP contribution in [0.15, 0.2) is 12.5 Å². The summed E-state index contributed by atoms with van der Waals surface area (Å²) in [5, 5.41) is 25.3. The van der Waals surface area contributed by atoms with Crippen LogP contribution in [0.25, 0.3) is 0 Å². The molecule has 0 saturated heterocycles. The summed E-state index contributed by atoms with van der Waals surface area (Å²) in [7, 11) is 0. The van der Waals surface area contributed by atoms with E-state index in [1.807, 2.05) is 0 Å². The molecule has 0 aliphatic carbocycles. The lowest BCUT2D eigenvalue weighted by Gasteiger charge is -2.25. The molecule has 0 saturated carbocycles. The Morgan fingerprint density at radius 2 is 1.54 bits per heavy atom. The van der Waals surface area contributed by atoms with E-state index >= 15 is 0 Å². The number of H-pyrrole nitrogens is 1. The summed E-state index contributed by atoms with van der Waals surface area (Å²) in [5.41, 5.74) is 16.7. The maximum absolute atomic E-state index is 13.1. The van der Waals surface area contributed by atoms with Crippen molar-refractivity contribution in [3.8, 4) is 0 Å². The molecular weight excluding hydrogens is 492 g/mol. The largest absolute Gasteiger partial charge is 0.481 e. The van der Waals surface area contributed by atoms with Crippen molar-refractivity contribution in [2.75, 3.05) is 6.54 Å². The van der Waals surface area contributed by atoms with E-state index in [1.165, 1.54) is 12.5 Å². The van der Waals surface area contributed by atoms with E-state index in [9.17, 15) is 33.9 Å². The highest BCUT2D eigenvalue weighted by Gasteiger charge is 2.31. The zero-order valence-corrected chi connectivity index (χ0v) is 20.1. The Bertz CT molecular complexity index is 939. The Hall–Kier alpha value is -4.05. The first-order valence-electron chi connectivity index (χ1n) is 11.5. The van der Waals surface area contributed by atoms with E-state index in [0.29, 0.717) is 25.1 Å². The van der Waals surface area contributed by atoms with Gasteiger partial charge in [0.1, 0.15) is 18.1 Å². The number of carboxylic acid groups (broad SMARTS) is 2. The number of imidazole rings is 1. The van der Waals surface area contributed by atoms with E-state index in [2.05, 4.69) is 25.9 Å². The van der Waals surface area contributed by atoms with Gasteiger partial charge in [-0.3, -0.25) is 24.0 Å². The molecule has 16 nitrogen and oxygen atoms in total. The van der Waals surface area contributed by atoms with Gasteiger partial charge in [-0.2, -0.15) is 0 Å². The first-order valence-corrected chi connectivity index (χ1v) is 11.5. The lowest BCUT2D eigenvalue weighted by molar-refractivity contribution is -0.143. The molecule has 0 aliphatic rings. The average Bonchev–Trinajstić information content (AvgIpc) is 3.32. The first-order chi connectivity index (χ1) is 17.4. The van der Waals surface area contributed by atoms with Crippen LogP contribution in [-0.4, -0.2) is 86.5 Å². The lowest BCUT2D eigenvalue weighted by atomic mass is 10.0. The number of aromatic nitrogens is 2. The van der Waals surface area contributed by atoms with Crippen molar-refractivity contribution in [3.05, 3.63) is 18.2 Å². The third-order valence-corrected chi connectivity index (χ3v) is 5.21. The summed E-state index contributed by atoms with van der Waals surface area (Å²) in [6.45, 7) is 0.314. The molecule has 206 valence electrons. The average molecular weight is 527 g/mol. The minimum absolute atomic E-state index is 0.0750. The standard InChI is InChI=1S/C21H34N8O8/c22-6-2-1-3-13(19(34)28-14(21(36)37)4-5-17(31)32)27-20(35)15(7-11-9-25-10-26-11)29-18(33)12(23)8-16(24)30/h9-10,12-15H,1-8,22-23H2,(H2,24,30)(H,25,26)(H,27,35)(H,28,34)(H,29,33)(H,31,32)(H,36,37). The summed E-state index contributed by atoms with van der Waals surface area (Å²) in [6, 6.07) is -5.28. The fraction of sp³-hybridized carbons (Fsp3) is 0.571. The summed E-state index contributed by atoms with van der Waals surface area (Å²) >= 11 is 0. The predicted molar refractivity (Wildman–Crippen MR) is 127 cm³/mol. The van der Waals surface area contributed by atoms with Crippen molar-refractivity contribution < 1.29 is 39.0 Å². The summed E-state index contributed by atoms with van der Waals surface area (Å²) in [5.74, 6) is -5.96. The zero-order chi connectivity index (χ0) is 28.0. The van der Waals surface area contributed by atoms with Gasteiger partial charge >= 0.3 is 11.9 Å². The number of rotatable bonds is 18. The Kier molecular flexibility index (Phi) is 13.3.